The van der Waals surface area contributed by atoms with Crippen LogP contribution in [-0.4, -0.2) is 39.4 Å². The second-order valence-electron chi connectivity index (χ2n) is 6.42. The molecule has 0 atom stereocenters. The molecule has 0 aliphatic carbocycles. The molecule has 3 aromatic rings. The van der Waals surface area contributed by atoms with E-state index in [-0.39, 0.29) is 5.91 Å². The number of nitrogens with zero attached hydrogens (tertiary/aromatic N) is 4. The Morgan fingerprint density at radius 2 is 2.07 bits per heavy atom. The molecule has 7 heteroatoms. The molecule has 0 aliphatic rings. The zero-order chi connectivity index (χ0) is 19.4. The molecule has 2 heterocycles. The predicted octanol–water partition coefficient (Wildman–Crippen LogP) is 2.89. The molecule has 0 saturated carbocycles. The quantitative estimate of drug-likeness (QED) is 0.697. The van der Waals surface area contributed by atoms with Gasteiger partial charge in [-0.05, 0) is 43.5 Å². The van der Waals surface area contributed by atoms with Gasteiger partial charge in [0.05, 0.1) is 19.0 Å². The van der Waals surface area contributed by atoms with E-state index in [1.165, 1.54) is 0 Å². The third-order valence-electron chi connectivity index (χ3n) is 4.81. The number of nitrogens with one attached hydrogen (secondary N) is 1. The maximum absolute atomic E-state index is 11.3. The van der Waals surface area contributed by atoms with Crippen molar-refractivity contribution in [2.75, 3.05) is 14.2 Å². The van der Waals surface area contributed by atoms with Gasteiger partial charge in [0, 0.05) is 44.2 Å². The number of imidazole rings is 1. The van der Waals surface area contributed by atoms with Crippen molar-refractivity contribution < 1.29 is 9.53 Å². The summed E-state index contributed by atoms with van der Waals surface area (Å²) in [7, 11) is 3.33. The monoisotopic (exact) mass is 367 g/mol. The first-order chi connectivity index (χ1) is 13.0. The van der Waals surface area contributed by atoms with E-state index in [1.54, 1.807) is 20.4 Å². The molecule has 2 aromatic heterocycles. The Bertz CT molecular complexity index is 942. The summed E-state index contributed by atoms with van der Waals surface area (Å²) in [5.41, 5.74) is 4.25. The lowest BCUT2D eigenvalue weighted by atomic mass is 10.0. The molecule has 1 aromatic carbocycles. The van der Waals surface area contributed by atoms with Crippen molar-refractivity contribution in [2.45, 2.75) is 33.2 Å². The lowest BCUT2D eigenvalue weighted by Gasteiger charge is -2.13. The highest BCUT2D eigenvalue weighted by Crippen LogP contribution is 2.31. The molecule has 7 nitrogen and oxygen atoms in total. The Morgan fingerprint density at radius 1 is 1.26 bits per heavy atom. The number of benzene rings is 1. The fourth-order valence-electron chi connectivity index (χ4n) is 3.10. The van der Waals surface area contributed by atoms with Crippen LogP contribution in [-0.2, 0) is 11.3 Å². The molecule has 1 amide bonds. The van der Waals surface area contributed by atoms with Gasteiger partial charge in [0.15, 0.2) is 0 Å². The van der Waals surface area contributed by atoms with Crippen molar-refractivity contribution in [1.29, 1.82) is 0 Å². The van der Waals surface area contributed by atoms with Gasteiger partial charge in [-0.25, -0.2) is 4.98 Å². The van der Waals surface area contributed by atoms with Gasteiger partial charge in [-0.1, -0.05) is 0 Å². The Labute approximate surface area is 159 Å². The number of carbonyl (C=O) groups is 1. The van der Waals surface area contributed by atoms with Gasteiger partial charge in [0.2, 0.25) is 5.91 Å². The molecule has 0 fully saturated rings. The van der Waals surface area contributed by atoms with Gasteiger partial charge in [-0.2, -0.15) is 5.10 Å². The molecule has 0 unspecified atom stereocenters. The topological polar surface area (TPSA) is 74.0 Å². The largest absolute Gasteiger partial charge is 0.496 e. The predicted molar refractivity (Wildman–Crippen MR) is 104 cm³/mol. The van der Waals surface area contributed by atoms with Gasteiger partial charge in [0.1, 0.15) is 11.6 Å². The number of aromatic nitrogens is 4. The second kappa shape index (κ2) is 8.07. The van der Waals surface area contributed by atoms with Gasteiger partial charge in [-0.3, -0.25) is 14.0 Å². The van der Waals surface area contributed by atoms with Crippen LogP contribution in [0.1, 0.15) is 24.0 Å². The van der Waals surface area contributed by atoms with Crippen molar-refractivity contribution >= 4 is 5.91 Å². The van der Waals surface area contributed by atoms with E-state index in [1.807, 2.05) is 40.0 Å². The van der Waals surface area contributed by atoms with Crippen molar-refractivity contribution in [3.05, 3.63) is 48.0 Å². The van der Waals surface area contributed by atoms with E-state index < -0.39 is 0 Å². The standard InChI is InChI=1S/C20H25N5O2/c1-14-15(2)18(27-4)8-7-17(14)20-22-9-11-25(20)16-12-23-24(13-16)10-5-6-19(26)21-3/h7-9,11-13H,5-6,10H2,1-4H3,(H,21,26). The Balaban J connectivity index is 1.84. The van der Waals surface area contributed by atoms with E-state index in [0.29, 0.717) is 13.0 Å². The first-order valence-corrected chi connectivity index (χ1v) is 8.96. The van der Waals surface area contributed by atoms with Crippen LogP contribution in [0, 0.1) is 13.8 Å². The number of hydrogen-bond acceptors (Lipinski definition) is 4. The van der Waals surface area contributed by atoms with Gasteiger partial charge in [-0.15, -0.1) is 0 Å². The zero-order valence-corrected chi connectivity index (χ0v) is 16.2. The minimum Gasteiger partial charge on any atom is -0.496 e. The highest BCUT2D eigenvalue weighted by molar-refractivity contribution is 5.75. The number of hydrogen-bond donors (Lipinski definition) is 1. The first kappa shape index (κ1) is 18.7. The van der Waals surface area contributed by atoms with Gasteiger partial charge >= 0.3 is 0 Å². The van der Waals surface area contributed by atoms with Crippen molar-refractivity contribution in [1.82, 2.24) is 24.6 Å². The van der Waals surface area contributed by atoms with Crippen LogP contribution in [0.15, 0.2) is 36.9 Å². The highest BCUT2D eigenvalue weighted by Gasteiger charge is 2.14. The molecule has 0 bridgehead atoms. The van der Waals surface area contributed by atoms with Gasteiger partial charge < -0.3 is 10.1 Å². The lowest BCUT2D eigenvalue weighted by molar-refractivity contribution is -0.120. The molecule has 0 saturated heterocycles. The van der Waals surface area contributed by atoms with Gasteiger partial charge in [0.25, 0.3) is 0 Å². The molecule has 0 spiro atoms. The molecule has 0 radical (unpaired) electrons. The fourth-order valence-corrected chi connectivity index (χ4v) is 3.10. The highest BCUT2D eigenvalue weighted by atomic mass is 16.5. The summed E-state index contributed by atoms with van der Waals surface area (Å²) >= 11 is 0. The summed E-state index contributed by atoms with van der Waals surface area (Å²) < 4.78 is 9.29. The normalized spacial score (nSPS) is 10.8. The molecule has 0 aliphatic heterocycles. The smallest absolute Gasteiger partial charge is 0.219 e. The Hall–Kier alpha value is -3.09. The van der Waals surface area contributed by atoms with Crippen molar-refractivity contribution in [3.63, 3.8) is 0 Å². The molecule has 27 heavy (non-hydrogen) atoms. The Kier molecular flexibility index (Phi) is 5.59. The van der Waals surface area contributed by atoms with Crippen LogP contribution in [0.5, 0.6) is 5.75 Å². The summed E-state index contributed by atoms with van der Waals surface area (Å²) in [5.74, 6) is 1.78. The average molecular weight is 367 g/mol. The fraction of sp³-hybridized carbons (Fsp3) is 0.350. The molecule has 3 rings (SSSR count). The van der Waals surface area contributed by atoms with E-state index in [4.69, 9.17) is 4.74 Å². The number of amides is 1. The third-order valence-corrected chi connectivity index (χ3v) is 4.81. The molecular formula is C20H25N5O2. The maximum Gasteiger partial charge on any atom is 0.219 e. The number of ether oxygens (including phenoxy) is 1. The van der Waals surface area contributed by atoms with Crippen LogP contribution < -0.4 is 10.1 Å². The summed E-state index contributed by atoms with van der Waals surface area (Å²) in [6.45, 7) is 4.82. The van der Waals surface area contributed by atoms with Crippen molar-refractivity contribution in [3.8, 4) is 22.8 Å². The van der Waals surface area contributed by atoms with E-state index >= 15 is 0 Å². The summed E-state index contributed by atoms with van der Waals surface area (Å²) in [4.78, 5) is 15.9. The van der Waals surface area contributed by atoms with Crippen LogP contribution in [0.25, 0.3) is 17.1 Å². The van der Waals surface area contributed by atoms with Crippen LogP contribution in [0.2, 0.25) is 0 Å². The molecule has 142 valence electrons. The summed E-state index contributed by atoms with van der Waals surface area (Å²) in [6, 6.07) is 4.01. The van der Waals surface area contributed by atoms with E-state index in [0.717, 1.165) is 40.4 Å². The first-order valence-electron chi connectivity index (χ1n) is 8.96. The zero-order valence-electron chi connectivity index (χ0n) is 16.2. The third kappa shape index (κ3) is 3.86. The number of methoxy groups -OCH3 is 1. The number of carbonyl (C=O) groups excluding carboxylic acids is 1. The Morgan fingerprint density at radius 3 is 2.81 bits per heavy atom. The minimum atomic E-state index is 0.0460. The second-order valence-corrected chi connectivity index (χ2v) is 6.42. The number of aryl methyl sites for hydroxylation is 1. The van der Waals surface area contributed by atoms with Crippen LogP contribution in [0.4, 0.5) is 0 Å². The van der Waals surface area contributed by atoms with Crippen molar-refractivity contribution in [2.24, 2.45) is 0 Å². The number of rotatable bonds is 7. The maximum atomic E-state index is 11.3. The SMILES string of the molecule is CNC(=O)CCCn1cc(-n2ccnc2-c2ccc(OC)c(C)c2C)cn1. The summed E-state index contributed by atoms with van der Waals surface area (Å²) in [5, 5.41) is 7.05. The average Bonchev–Trinajstić information content (AvgIpc) is 3.33. The minimum absolute atomic E-state index is 0.0460. The summed E-state index contributed by atoms with van der Waals surface area (Å²) in [6.07, 6.45) is 8.75. The van der Waals surface area contributed by atoms with E-state index in [2.05, 4.69) is 29.2 Å². The van der Waals surface area contributed by atoms with Crippen LogP contribution in [0.3, 0.4) is 0 Å². The molecule has 1 N–H and O–H groups in total. The van der Waals surface area contributed by atoms with E-state index in [9.17, 15) is 4.79 Å². The van der Waals surface area contributed by atoms with Crippen LogP contribution >= 0.6 is 0 Å². The lowest BCUT2D eigenvalue weighted by Crippen LogP contribution is -2.17. The molecular weight excluding hydrogens is 342 g/mol.